The fourth-order valence-corrected chi connectivity index (χ4v) is 2.89. The van der Waals surface area contributed by atoms with E-state index in [9.17, 15) is 4.79 Å². The molecule has 1 atom stereocenters. The highest BCUT2D eigenvalue weighted by Crippen LogP contribution is 2.16. The van der Waals surface area contributed by atoms with Gasteiger partial charge in [-0.2, -0.15) is 0 Å². The maximum absolute atomic E-state index is 12.2. The molecule has 0 N–H and O–H groups in total. The average molecular weight is 238 g/mol. The van der Waals surface area contributed by atoms with E-state index in [-0.39, 0.29) is 5.91 Å². The number of rotatable bonds is 1. The summed E-state index contributed by atoms with van der Waals surface area (Å²) in [4.78, 5) is 17.4. The van der Waals surface area contributed by atoms with Crippen LogP contribution in [0.15, 0.2) is 17.5 Å². The summed E-state index contributed by atoms with van der Waals surface area (Å²) in [5, 5.41) is 1.96. The second-order valence-corrected chi connectivity index (χ2v) is 5.39. The molecule has 1 unspecified atom stereocenters. The van der Waals surface area contributed by atoms with Gasteiger partial charge in [-0.3, -0.25) is 4.79 Å². The molecule has 0 spiro atoms. The van der Waals surface area contributed by atoms with Gasteiger partial charge in [0.25, 0.3) is 5.91 Å². The fourth-order valence-electron chi connectivity index (χ4n) is 2.22. The Balaban J connectivity index is 2.10. The van der Waals surface area contributed by atoms with Crippen LogP contribution in [0.1, 0.15) is 23.0 Å². The third kappa shape index (κ3) is 2.44. The Morgan fingerprint density at radius 1 is 1.50 bits per heavy atom. The third-order valence-electron chi connectivity index (χ3n) is 3.04. The van der Waals surface area contributed by atoms with E-state index in [0.29, 0.717) is 6.04 Å². The van der Waals surface area contributed by atoms with Crippen molar-refractivity contribution in [2.75, 3.05) is 26.7 Å². The first kappa shape index (κ1) is 11.6. The first-order valence-electron chi connectivity index (χ1n) is 5.71. The van der Waals surface area contributed by atoms with Crippen LogP contribution in [-0.4, -0.2) is 48.4 Å². The van der Waals surface area contributed by atoms with Crippen LogP contribution in [-0.2, 0) is 0 Å². The molecule has 0 saturated carbocycles. The molecule has 1 saturated heterocycles. The molecular weight excluding hydrogens is 220 g/mol. The van der Waals surface area contributed by atoms with Gasteiger partial charge in [-0.15, -0.1) is 11.3 Å². The monoisotopic (exact) mass is 238 g/mol. The first-order chi connectivity index (χ1) is 7.68. The van der Waals surface area contributed by atoms with Gasteiger partial charge in [0, 0.05) is 19.1 Å². The van der Waals surface area contributed by atoms with Crippen molar-refractivity contribution >= 4 is 17.2 Å². The minimum Gasteiger partial charge on any atom is -0.334 e. The van der Waals surface area contributed by atoms with Crippen LogP contribution < -0.4 is 0 Å². The highest BCUT2D eigenvalue weighted by Gasteiger charge is 2.25. The third-order valence-corrected chi connectivity index (χ3v) is 3.90. The lowest BCUT2D eigenvalue weighted by Gasteiger charge is -2.27. The Morgan fingerprint density at radius 2 is 2.31 bits per heavy atom. The molecule has 0 bridgehead atoms. The SMILES string of the molecule is CC1CN(C)CCCN1C(=O)c1cccs1. The van der Waals surface area contributed by atoms with Crippen LogP contribution in [0.4, 0.5) is 0 Å². The van der Waals surface area contributed by atoms with E-state index in [1.165, 1.54) is 11.3 Å². The predicted molar refractivity (Wildman–Crippen MR) is 66.9 cm³/mol. The Hall–Kier alpha value is -0.870. The van der Waals surface area contributed by atoms with Crippen LogP contribution in [0, 0.1) is 0 Å². The van der Waals surface area contributed by atoms with Crippen molar-refractivity contribution in [1.29, 1.82) is 0 Å². The summed E-state index contributed by atoms with van der Waals surface area (Å²) in [7, 11) is 2.12. The quantitative estimate of drug-likeness (QED) is 0.746. The zero-order valence-electron chi connectivity index (χ0n) is 9.85. The molecule has 2 heterocycles. The van der Waals surface area contributed by atoms with Crippen LogP contribution in [0.5, 0.6) is 0 Å². The molecule has 4 heteroatoms. The average Bonchev–Trinajstić information content (AvgIpc) is 2.71. The lowest BCUT2D eigenvalue weighted by atomic mass is 10.2. The van der Waals surface area contributed by atoms with Gasteiger partial charge in [-0.25, -0.2) is 0 Å². The predicted octanol–water partition coefficient (Wildman–Crippen LogP) is 1.91. The molecule has 16 heavy (non-hydrogen) atoms. The summed E-state index contributed by atoms with van der Waals surface area (Å²) >= 11 is 1.53. The fraction of sp³-hybridized carbons (Fsp3) is 0.583. The number of likely N-dealkylation sites (N-methyl/N-ethyl adjacent to an activating group) is 1. The Morgan fingerprint density at radius 3 is 3.00 bits per heavy atom. The van der Waals surface area contributed by atoms with Crippen molar-refractivity contribution in [2.45, 2.75) is 19.4 Å². The van der Waals surface area contributed by atoms with Crippen molar-refractivity contribution in [3.63, 3.8) is 0 Å². The van der Waals surface area contributed by atoms with Crippen molar-refractivity contribution in [1.82, 2.24) is 9.80 Å². The van der Waals surface area contributed by atoms with Crippen molar-refractivity contribution in [2.24, 2.45) is 0 Å². The molecule has 0 aromatic carbocycles. The molecule has 3 nitrogen and oxygen atoms in total. The van der Waals surface area contributed by atoms with E-state index in [0.717, 1.165) is 30.9 Å². The second kappa shape index (κ2) is 4.97. The first-order valence-corrected chi connectivity index (χ1v) is 6.59. The molecule has 2 rings (SSSR count). The number of carbonyl (C=O) groups excluding carboxylic acids is 1. The van der Waals surface area contributed by atoms with Gasteiger partial charge in [0.1, 0.15) is 0 Å². The lowest BCUT2D eigenvalue weighted by Crippen LogP contribution is -2.41. The second-order valence-electron chi connectivity index (χ2n) is 4.44. The largest absolute Gasteiger partial charge is 0.334 e. The van der Waals surface area contributed by atoms with Gasteiger partial charge in [0.2, 0.25) is 0 Å². The van der Waals surface area contributed by atoms with Crippen molar-refractivity contribution in [3.05, 3.63) is 22.4 Å². The zero-order valence-corrected chi connectivity index (χ0v) is 10.7. The highest BCUT2D eigenvalue weighted by molar-refractivity contribution is 7.12. The van der Waals surface area contributed by atoms with E-state index in [4.69, 9.17) is 0 Å². The van der Waals surface area contributed by atoms with E-state index in [2.05, 4.69) is 18.9 Å². The summed E-state index contributed by atoms with van der Waals surface area (Å²) in [5.41, 5.74) is 0. The molecule has 1 aromatic rings. The van der Waals surface area contributed by atoms with Gasteiger partial charge in [0.15, 0.2) is 0 Å². The summed E-state index contributed by atoms with van der Waals surface area (Å²) in [6.07, 6.45) is 1.07. The van der Waals surface area contributed by atoms with E-state index >= 15 is 0 Å². The summed E-state index contributed by atoms with van der Waals surface area (Å²) in [6, 6.07) is 4.16. The van der Waals surface area contributed by atoms with Crippen molar-refractivity contribution < 1.29 is 4.79 Å². The molecule has 1 amide bonds. The number of carbonyl (C=O) groups is 1. The van der Waals surface area contributed by atoms with E-state index in [1.54, 1.807) is 0 Å². The smallest absolute Gasteiger partial charge is 0.264 e. The van der Waals surface area contributed by atoms with Crippen LogP contribution in [0.25, 0.3) is 0 Å². The van der Waals surface area contributed by atoms with Crippen LogP contribution in [0.3, 0.4) is 0 Å². The minimum absolute atomic E-state index is 0.192. The number of hydrogen-bond acceptors (Lipinski definition) is 3. The topological polar surface area (TPSA) is 23.6 Å². The van der Waals surface area contributed by atoms with Crippen LogP contribution in [0.2, 0.25) is 0 Å². The maximum atomic E-state index is 12.2. The molecule has 1 fully saturated rings. The van der Waals surface area contributed by atoms with Crippen LogP contribution >= 0.6 is 11.3 Å². The Bertz CT molecular complexity index is 350. The zero-order chi connectivity index (χ0) is 11.5. The van der Waals surface area contributed by atoms with Gasteiger partial charge in [-0.05, 0) is 38.4 Å². The Kier molecular flexibility index (Phi) is 3.61. The Labute approximate surface area is 101 Å². The normalized spacial score (nSPS) is 23.1. The molecule has 0 aliphatic carbocycles. The molecule has 1 aromatic heterocycles. The lowest BCUT2D eigenvalue weighted by molar-refractivity contribution is 0.0701. The number of thiophene rings is 1. The van der Waals surface area contributed by atoms with Crippen molar-refractivity contribution in [3.8, 4) is 0 Å². The van der Waals surface area contributed by atoms with Gasteiger partial charge in [0.05, 0.1) is 4.88 Å². The highest BCUT2D eigenvalue weighted by atomic mass is 32.1. The molecule has 88 valence electrons. The summed E-state index contributed by atoms with van der Waals surface area (Å²) in [5.74, 6) is 0.192. The molecular formula is C12H18N2OS. The minimum atomic E-state index is 0.192. The number of hydrogen-bond donors (Lipinski definition) is 0. The molecule has 0 radical (unpaired) electrons. The summed E-state index contributed by atoms with van der Waals surface area (Å²) < 4.78 is 0. The van der Waals surface area contributed by atoms with E-state index in [1.807, 2.05) is 22.4 Å². The van der Waals surface area contributed by atoms with Gasteiger partial charge in [-0.1, -0.05) is 6.07 Å². The number of amides is 1. The van der Waals surface area contributed by atoms with Gasteiger partial charge >= 0.3 is 0 Å². The maximum Gasteiger partial charge on any atom is 0.264 e. The molecule has 1 aliphatic heterocycles. The molecule has 1 aliphatic rings. The van der Waals surface area contributed by atoms with E-state index < -0.39 is 0 Å². The summed E-state index contributed by atoms with van der Waals surface area (Å²) in [6.45, 7) is 5.06. The number of nitrogens with zero attached hydrogens (tertiary/aromatic N) is 2. The standard InChI is InChI=1S/C12H18N2OS/c1-10-9-13(2)6-4-7-14(10)12(15)11-5-3-8-16-11/h3,5,8,10H,4,6-7,9H2,1-2H3. The van der Waals surface area contributed by atoms with Gasteiger partial charge < -0.3 is 9.80 Å².